The molecule has 1 rings (SSSR count). The van der Waals surface area contributed by atoms with Gasteiger partial charge in [-0.15, -0.1) is 0 Å². The fraction of sp³-hybridized carbons (Fsp3) is 0. The van der Waals surface area contributed by atoms with E-state index in [0.717, 1.165) is 5.56 Å². The standard InChI is InChI=1S/C7H7N.Pt/c1-2-7-3-5-8-6-4-7;/h2-6H,1H2;. The van der Waals surface area contributed by atoms with Crippen LogP contribution < -0.4 is 0 Å². The van der Waals surface area contributed by atoms with Crippen molar-refractivity contribution >= 4 is 6.08 Å². The number of nitrogens with zero attached hydrogens (tertiary/aromatic N) is 1. The van der Waals surface area contributed by atoms with Gasteiger partial charge in [-0.3, -0.25) is 4.98 Å². The molecule has 0 aliphatic carbocycles. The molecule has 2 heteroatoms. The fourth-order valence-corrected chi connectivity index (χ4v) is 0.500. The summed E-state index contributed by atoms with van der Waals surface area (Å²) < 4.78 is 0. The molecule has 50 valence electrons. The van der Waals surface area contributed by atoms with Crippen LogP contribution in [0.25, 0.3) is 6.08 Å². The van der Waals surface area contributed by atoms with Crippen LogP contribution in [0.2, 0.25) is 0 Å². The van der Waals surface area contributed by atoms with Crippen molar-refractivity contribution in [2.24, 2.45) is 0 Å². The Morgan fingerprint density at radius 3 is 2.22 bits per heavy atom. The Labute approximate surface area is 69.1 Å². The van der Waals surface area contributed by atoms with Gasteiger partial charge >= 0.3 is 0 Å². The second kappa shape index (κ2) is 4.46. The largest absolute Gasteiger partial charge is 0.265 e. The predicted octanol–water partition coefficient (Wildman–Crippen LogP) is 1.72. The van der Waals surface area contributed by atoms with Crippen LogP contribution >= 0.6 is 0 Å². The molecule has 1 aromatic rings. The molecular weight excluding hydrogens is 293 g/mol. The third kappa shape index (κ3) is 2.57. The molecule has 1 heterocycles. The Hall–Kier alpha value is -0.422. The van der Waals surface area contributed by atoms with Gasteiger partial charge in [-0.2, -0.15) is 0 Å². The molecule has 9 heavy (non-hydrogen) atoms. The van der Waals surface area contributed by atoms with Crippen LogP contribution in [0.15, 0.2) is 31.1 Å². The van der Waals surface area contributed by atoms with Gasteiger partial charge in [0, 0.05) is 33.5 Å². The van der Waals surface area contributed by atoms with Crippen molar-refractivity contribution in [2.75, 3.05) is 0 Å². The van der Waals surface area contributed by atoms with Crippen LogP contribution in [-0.4, -0.2) is 4.98 Å². The van der Waals surface area contributed by atoms with Crippen LogP contribution in [0, 0.1) is 0 Å². The minimum absolute atomic E-state index is 0. The van der Waals surface area contributed by atoms with Crippen LogP contribution in [0.4, 0.5) is 0 Å². The summed E-state index contributed by atoms with van der Waals surface area (Å²) in [4.78, 5) is 3.85. The maximum Gasteiger partial charge on any atom is 0.0273 e. The van der Waals surface area contributed by atoms with Gasteiger partial charge in [0.1, 0.15) is 0 Å². The fourth-order valence-electron chi connectivity index (χ4n) is 0.500. The first-order valence-corrected chi connectivity index (χ1v) is 2.46. The molecule has 1 aromatic heterocycles. The van der Waals surface area contributed by atoms with Crippen molar-refractivity contribution in [1.82, 2.24) is 4.98 Å². The molecule has 0 unspecified atom stereocenters. The summed E-state index contributed by atoms with van der Waals surface area (Å²) in [6.45, 7) is 3.60. The summed E-state index contributed by atoms with van der Waals surface area (Å²) in [6, 6.07) is 3.82. The van der Waals surface area contributed by atoms with Gasteiger partial charge in [-0.1, -0.05) is 12.7 Å². The Kier molecular flexibility index (Phi) is 4.25. The number of hydrogen-bond acceptors (Lipinski definition) is 1. The molecule has 0 aromatic carbocycles. The van der Waals surface area contributed by atoms with Crippen molar-refractivity contribution in [3.05, 3.63) is 36.7 Å². The third-order valence-electron chi connectivity index (χ3n) is 0.942. The molecule has 0 aliphatic heterocycles. The second-order valence-electron chi connectivity index (χ2n) is 1.48. The summed E-state index contributed by atoms with van der Waals surface area (Å²) in [7, 11) is 0. The average molecular weight is 300 g/mol. The van der Waals surface area contributed by atoms with E-state index in [9.17, 15) is 0 Å². The first-order chi connectivity index (χ1) is 3.93. The van der Waals surface area contributed by atoms with Gasteiger partial charge < -0.3 is 0 Å². The molecule has 0 N–H and O–H groups in total. The zero-order chi connectivity index (χ0) is 5.82. The van der Waals surface area contributed by atoms with Gasteiger partial charge in [0.15, 0.2) is 0 Å². The van der Waals surface area contributed by atoms with Crippen molar-refractivity contribution in [3.63, 3.8) is 0 Å². The molecule has 0 aliphatic rings. The normalized spacial score (nSPS) is 7.56. The Bertz CT molecular complexity index is 172. The number of rotatable bonds is 1. The van der Waals surface area contributed by atoms with Crippen molar-refractivity contribution in [3.8, 4) is 0 Å². The van der Waals surface area contributed by atoms with Crippen molar-refractivity contribution < 1.29 is 21.1 Å². The molecule has 0 saturated heterocycles. The van der Waals surface area contributed by atoms with Crippen LogP contribution in [0.3, 0.4) is 0 Å². The second-order valence-corrected chi connectivity index (χ2v) is 1.48. The molecule has 0 radical (unpaired) electrons. The van der Waals surface area contributed by atoms with Crippen LogP contribution in [-0.2, 0) is 21.1 Å². The average Bonchev–Trinajstić information content (AvgIpc) is 1.90. The first kappa shape index (κ1) is 8.58. The van der Waals surface area contributed by atoms with Crippen molar-refractivity contribution in [2.45, 2.75) is 0 Å². The van der Waals surface area contributed by atoms with E-state index >= 15 is 0 Å². The smallest absolute Gasteiger partial charge is 0.0273 e. The number of hydrogen-bond donors (Lipinski definition) is 0. The predicted molar refractivity (Wildman–Crippen MR) is 34.3 cm³/mol. The van der Waals surface area contributed by atoms with E-state index in [4.69, 9.17) is 0 Å². The van der Waals surface area contributed by atoms with E-state index in [1.807, 2.05) is 12.1 Å². The van der Waals surface area contributed by atoms with E-state index < -0.39 is 0 Å². The molecule has 0 spiro atoms. The minimum Gasteiger partial charge on any atom is -0.265 e. The summed E-state index contributed by atoms with van der Waals surface area (Å²) in [5.74, 6) is 0. The first-order valence-electron chi connectivity index (χ1n) is 2.46. The van der Waals surface area contributed by atoms with Crippen molar-refractivity contribution in [1.29, 1.82) is 0 Å². The minimum atomic E-state index is 0. The maximum absolute atomic E-state index is 3.85. The molecular formula is C7H7NPt. The summed E-state index contributed by atoms with van der Waals surface area (Å²) in [6.07, 6.45) is 5.29. The van der Waals surface area contributed by atoms with Gasteiger partial charge in [0.25, 0.3) is 0 Å². The van der Waals surface area contributed by atoms with Crippen LogP contribution in [0.5, 0.6) is 0 Å². The molecule has 0 amide bonds. The van der Waals surface area contributed by atoms with E-state index in [2.05, 4.69) is 11.6 Å². The topological polar surface area (TPSA) is 12.9 Å². The molecule has 0 fully saturated rings. The van der Waals surface area contributed by atoms with Gasteiger partial charge in [0.05, 0.1) is 0 Å². The van der Waals surface area contributed by atoms with Gasteiger partial charge in [0.2, 0.25) is 0 Å². The quantitative estimate of drug-likeness (QED) is 0.769. The Morgan fingerprint density at radius 2 is 1.89 bits per heavy atom. The zero-order valence-electron chi connectivity index (χ0n) is 4.86. The van der Waals surface area contributed by atoms with E-state index in [-0.39, 0.29) is 21.1 Å². The monoisotopic (exact) mass is 300 g/mol. The zero-order valence-corrected chi connectivity index (χ0v) is 7.13. The third-order valence-corrected chi connectivity index (χ3v) is 0.942. The Balaban J connectivity index is 0.000000640. The van der Waals surface area contributed by atoms with E-state index in [1.165, 1.54) is 0 Å². The van der Waals surface area contributed by atoms with Gasteiger partial charge in [-0.25, -0.2) is 0 Å². The molecule has 1 nitrogen and oxygen atoms in total. The number of aromatic nitrogens is 1. The Morgan fingerprint density at radius 1 is 1.33 bits per heavy atom. The van der Waals surface area contributed by atoms with Gasteiger partial charge in [-0.05, 0) is 17.7 Å². The SMILES string of the molecule is C=Cc1ccncc1.[Pt]. The maximum atomic E-state index is 3.85. The van der Waals surface area contributed by atoms with Crippen LogP contribution in [0.1, 0.15) is 5.56 Å². The van der Waals surface area contributed by atoms with E-state index in [0.29, 0.717) is 0 Å². The summed E-state index contributed by atoms with van der Waals surface area (Å²) in [5, 5.41) is 0. The molecule has 0 saturated carbocycles. The van der Waals surface area contributed by atoms with E-state index in [1.54, 1.807) is 18.5 Å². The number of pyridine rings is 1. The molecule has 0 atom stereocenters. The summed E-state index contributed by atoms with van der Waals surface area (Å²) in [5.41, 5.74) is 1.11. The molecule has 0 bridgehead atoms. The summed E-state index contributed by atoms with van der Waals surface area (Å²) >= 11 is 0.